The summed E-state index contributed by atoms with van der Waals surface area (Å²) in [4.78, 5) is 2.81. The standard InChI is InChI=1S/C10H10FNO/c1-6-2-3-8(11)10-9(6)7(5-13)4-12-10/h2-4,12-13H,5H2,1H3. The van der Waals surface area contributed by atoms with Gasteiger partial charge in [-0.1, -0.05) is 6.07 Å². The summed E-state index contributed by atoms with van der Waals surface area (Å²) in [6.45, 7) is 1.83. The topological polar surface area (TPSA) is 36.0 Å². The van der Waals surface area contributed by atoms with Gasteiger partial charge in [0, 0.05) is 17.1 Å². The fourth-order valence-electron chi connectivity index (χ4n) is 1.59. The van der Waals surface area contributed by atoms with Gasteiger partial charge in [0.1, 0.15) is 5.82 Å². The second-order valence-corrected chi connectivity index (χ2v) is 3.09. The summed E-state index contributed by atoms with van der Waals surface area (Å²) >= 11 is 0. The molecule has 3 heteroatoms. The first-order chi connectivity index (χ1) is 6.24. The first-order valence-electron chi connectivity index (χ1n) is 4.10. The van der Waals surface area contributed by atoms with Crippen LogP contribution in [0.2, 0.25) is 0 Å². The molecule has 68 valence electrons. The maximum atomic E-state index is 13.2. The predicted molar refractivity (Wildman–Crippen MR) is 48.9 cm³/mol. The summed E-state index contributed by atoms with van der Waals surface area (Å²) in [6, 6.07) is 3.14. The molecule has 1 aromatic heterocycles. The second-order valence-electron chi connectivity index (χ2n) is 3.09. The van der Waals surface area contributed by atoms with E-state index in [1.165, 1.54) is 6.07 Å². The molecule has 0 unspecified atom stereocenters. The van der Waals surface area contributed by atoms with Crippen molar-refractivity contribution in [3.05, 3.63) is 35.3 Å². The van der Waals surface area contributed by atoms with Gasteiger partial charge in [-0.05, 0) is 18.6 Å². The average molecular weight is 179 g/mol. The van der Waals surface area contributed by atoms with Crippen molar-refractivity contribution in [3.8, 4) is 0 Å². The van der Waals surface area contributed by atoms with E-state index in [1.807, 2.05) is 6.92 Å². The molecule has 2 rings (SSSR count). The number of aromatic nitrogens is 1. The van der Waals surface area contributed by atoms with Gasteiger partial charge in [0.2, 0.25) is 0 Å². The Hall–Kier alpha value is -1.35. The first kappa shape index (κ1) is 8.26. The number of hydrogen-bond acceptors (Lipinski definition) is 1. The first-order valence-corrected chi connectivity index (χ1v) is 4.10. The maximum absolute atomic E-state index is 13.2. The minimum Gasteiger partial charge on any atom is -0.392 e. The van der Waals surface area contributed by atoms with Gasteiger partial charge in [-0.2, -0.15) is 0 Å². The van der Waals surface area contributed by atoms with E-state index in [-0.39, 0.29) is 12.4 Å². The zero-order valence-electron chi connectivity index (χ0n) is 7.26. The lowest BCUT2D eigenvalue weighted by molar-refractivity contribution is 0.283. The number of aliphatic hydroxyl groups is 1. The van der Waals surface area contributed by atoms with E-state index < -0.39 is 0 Å². The largest absolute Gasteiger partial charge is 0.392 e. The lowest BCUT2D eigenvalue weighted by atomic mass is 10.1. The highest BCUT2D eigenvalue weighted by atomic mass is 19.1. The highest BCUT2D eigenvalue weighted by molar-refractivity contribution is 5.86. The Kier molecular flexibility index (Phi) is 1.81. The van der Waals surface area contributed by atoms with Crippen LogP contribution in [0, 0.1) is 12.7 Å². The quantitative estimate of drug-likeness (QED) is 0.691. The van der Waals surface area contributed by atoms with E-state index in [4.69, 9.17) is 5.11 Å². The van der Waals surface area contributed by atoms with Crippen molar-refractivity contribution in [3.63, 3.8) is 0 Å². The molecular weight excluding hydrogens is 169 g/mol. The number of fused-ring (bicyclic) bond motifs is 1. The SMILES string of the molecule is Cc1ccc(F)c2[nH]cc(CO)c12. The Labute approximate surface area is 75.0 Å². The van der Waals surface area contributed by atoms with Crippen molar-refractivity contribution in [2.75, 3.05) is 0 Å². The number of rotatable bonds is 1. The minimum absolute atomic E-state index is 0.0652. The average Bonchev–Trinajstić information content (AvgIpc) is 2.56. The molecule has 2 aromatic rings. The van der Waals surface area contributed by atoms with E-state index in [0.717, 1.165) is 16.5 Å². The number of H-pyrrole nitrogens is 1. The molecule has 0 saturated carbocycles. The van der Waals surface area contributed by atoms with Gasteiger partial charge in [-0.15, -0.1) is 0 Å². The maximum Gasteiger partial charge on any atom is 0.147 e. The van der Waals surface area contributed by atoms with E-state index in [1.54, 1.807) is 12.3 Å². The van der Waals surface area contributed by atoms with Crippen LogP contribution >= 0.6 is 0 Å². The van der Waals surface area contributed by atoms with Crippen LogP contribution in [0.25, 0.3) is 10.9 Å². The third-order valence-corrected chi connectivity index (χ3v) is 2.25. The van der Waals surface area contributed by atoms with E-state index >= 15 is 0 Å². The zero-order valence-corrected chi connectivity index (χ0v) is 7.26. The number of nitrogens with one attached hydrogen (secondary N) is 1. The summed E-state index contributed by atoms with van der Waals surface area (Å²) in [5.41, 5.74) is 2.19. The van der Waals surface area contributed by atoms with E-state index in [2.05, 4.69) is 4.98 Å². The van der Waals surface area contributed by atoms with Crippen LogP contribution in [0.1, 0.15) is 11.1 Å². The molecular formula is C10H10FNO. The molecule has 0 aliphatic heterocycles. The van der Waals surface area contributed by atoms with Gasteiger partial charge in [-0.25, -0.2) is 4.39 Å². The summed E-state index contributed by atoms with van der Waals surface area (Å²) in [5, 5.41) is 9.79. The normalized spacial score (nSPS) is 11.0. The van der Waals surface area contributed by atoms with Crippen LogP contribution in [0.3, 0.4) is 0 Å². The molecule has 2 N–H and O–H groups in total. The fourth-order valence-corrected chi connectivity index (χ4v) is 1.59. The second kappa shape index (κ2) is 2.85. The number of benzene rings is 1. The summed E-state index contributed by atoms with van der Waals surface area (Å²) in [5.74, 6) is -0.277. The predicted octanol–water partition coefficient (Wildman–Crippen LogP) is 2.11. The zero-order chi connectivity index (χ0) is 9.42. The van der Waals surface area contributed by atoms with Gasteiger partial charge in [0.15, 0.2) is 0 Å². The molecule has 0 aliphatic rings. The van der Waals surface area contributed by atoms with Crippen molar-refractivity contribution in [1.82, 2.24) is 4.98 Å². The number of aliphatic hydroxyl groups excluding tert-OH is 1. The van der Waals surface area contributed by atoms with Crippen LogP contribution in [-0.2, 0) is 6.61 Å². The molecule has 0 saturated heterocycles. The molecule has 0 atom stereocenters. The van der Waals surface area contributed by atoms with Crippen LogP contribution in [0.4, 0.5) is 4.39 Å². The molecule has 0 amide bonds. The lowest BCUT2D eigenvalue weighted by Gasteiger charge is -1.99. The van der Waals surface area contributed by atoms with Gasteiger partial charge >= 0.3 is 0 Å². The van der Waals surface area contributed by atoms with Crippen LogP contribution in [-0.4, -0.2) is 10.1 Å². The van der Waals surface area contributed by atoms with Crippen LogP contribution < -0.4 is 0 Å². The third kappa shape index (κ3) is 1.12. The van der Waals surface area contributed by atoms with Gasteiger partial charge in [-0.3, -0.25) is 0 Å². The van der Waals surface area contributed by atoms with Crippen molar-refractivity contribution in [2.45, 2.75) is 13.5 Å². The molecule has 0 fully saturated rings. The summed E-state index contributed by atoms with van der Waals surface area (Å²) in [7, 11) is 0. The van der Waals surface area contributed by atoms with Crippen molar-refractivity contribution < 1.29 is 9.50 Å². The fraction of sp³-hybridized carbons (Fsp3) is 0.200. The molecule has 0 aliphatic carbocycles. The van der Waals surface area contributed by atoms with Crippen molar-refractivity contribution in [1.29, 1.82) is 0 Å². The molecule has 0 spiro atoms. The molecule has 1 heterocycles. The smallest absolute Gasteiger partial charge is 0.147 e. The van der Waals surface area contributed by atoms with Gasteiger partial charge in [0.05, 0.1) is 12.1 Å². The number of halogens is 1. The van der Waals surface area contributed by atoms with Gasteiger partial charge in [0.25, 0.3) is 0 Å². The van der Waals surface area contributed by atoms with Crippen molar-refractivity contribution >= 4 is 10.9 Å². The lowest BCUT2D eigenvalue weighted by Crippen LogP contribution is -1.84. The minimum atomic E-state index is -0.277. The number of aryl methyl sites for hydroxylation is 1. The Bertz CT molecular complexity index is 447. The number of aromatic amines is 1. The van der Waals surface area contributed by atoms with Crippen LogP contribution in [0.5, 0.6) is 0 Å². The Morgan fingerprint density at radius 1 is 1.46 bits per heavy atom. The monoisotopic (exact) mass is 179 g/mol. The molecule has 0 bridgehead atoms. The van der Waals surface area contributed by atoms with Crippen molar-refractivity contribution in [2.24, 2.45) is 0 Å². The highest BCUT2D eigenvalue weighted by Crippen LogP contribution is 2.24. The molecule has 13 heavy (non-hydrogen) atoms. The van der Waals surface area contributed by atoms with E-state index in [9.17, 15) is 4.39 Å². The van der Waals surface area contributed by atoms with Crippen LogP contribution in [0.15, 0.2) is 18.3 Å². The Morgan fingerprint density at radius 3 is 2.92 bits per heavy atom. The highest BCUT2D eigenvalue weighted by Gasteiger charge is 2.08. The molecule has 2 nitrogen and oxygen atoms in total. The molecule has 1 aromatic carbocycles. The number of hydrogen-bond donors (Lipinski definition) is 2. The van der Waals surface area contributed by atoms with Gasteiger partial charge < -0.3 is 10.1 Å². The summed E-state index contributed by atoms with van der Waals surface area (Å²) in [6.07, 6.45) is 1.64. The third-order valence-electron chi connectivity index (χ3n) is 2.25. The van der Waals surface area contributed by atoms with E-state index in [0.29, 0.717) is 5.52 Å². The summed E-state index contributed by atoms with van der Waals surface area (Å²) < 4.78 is 13.2. The Morgan fingerprint density at radius 2 is 2.23 bits per heavy atom. The molecule has 0 radical (unpaired) electrons. The Balaban J connectivity index is 2.87.